The van der Waals surface area contributed by atoms with Gasteiger partial charge in [-0.1, -0.05) is 12.1 Å². The van der Waals surface area contributed by atoms with Gasteiger partial charge in [-0.05, 0) is 77.5 Å². The van der Waals surface area contributed by atoms with Crippen molar-refractivity contribution in [1.82, 2.24) is 16.0 Å². The van der Waals surface area contributed by atoms with Crippen LogP contribution < -0.4 is 20.7 Å². The van der Waals surface area contributed by atoms with Gasteiger partial charge in [-0.3, -0.25) is 4.79 Å². The van der Waals surface area contributed by atoms with Gasteiger partial charge in [-0.2, -0.15) is 0 Å². The summed E-state index contributed by atoms with van der Waals surface area (Å²) in [7, 11) is 0. The average molecular weight is 516 g/mol. The van der Waals surface area contributed by atoms with E-state index < -0.39 is 0 Å². The van der Waals surface area contributed by atoms with Crippen LogP contribution in [0, 0.1) is 0 Å². The number of aliphatic imine (C=N–C) groups is 1. The average Bonchev–Trinajstić information content (AvgIpc) is 3.13. The van der Waals surface area contributed by atoms with E-state index in [1.807, 2.05) is 27.7 Å². The van der Waals surface area contributed by atoms with Gasteiger partial charge >= 0.3 is 0 Å². The molecule has 0 unspecified atom stereocenters. The van der Waals surface area contributed by atoms with E-state index in [9.17, 15) is 4.79 Å². The third kappa shape index (κ3) is 10.7. The first kappa shape index (κ1) is 25.5. The molecule has 0 saturated heterocycles. The fourth-order valence-corrected chi connectivity index (χ4v) is 3.21. The molecule has 1 aromatic rings. The van der Waals surface area contributed by atoms with E-state index in [0.717, 1.165) is 25.3 Å². The minimum absolute atomic E-state index is 0. The van der Waals surface area contributed by atoms with E-state index in [2.05, 4.69) is 45.2 Å². The van der Waals surface area contributed by atoms with Crippen molar-refractivity contribution in [3.05, 3.63) is 29.8 Å². The molecule has 0 aliphatic heterocycles. The maximum absolute atomic E-state index is 11.9. The first-order chi connectivity index (χ1) is 13.4. The second-order valence-corrected chi connectivity index (χ2v) is 8.34. The van der Waals surface area contributed by atoms with E-state index in [1.54, 1.807) is 0 Å². The molecule has 164 valence electrons. The number of nitrogens with one attached hydrogen (secondary N) is 3. The van der Waals surface area contributed by atoms with Crippen molar-refractivity contribution < 1.29 is 9.53 Å². The molecule has 0 spiro atoms. The van der Waals surface area contributed by atoms with E-state index in [4.69, 9.17) is 4.74 Å². The normalized spacial score (nSPS) is 14.8. The lowest BCUT2D eigenvalue weighted by Gasteiger charge is -2.20. The van der Waals surface area contributed by atoms with Crippen LogP contribution in [0.5, 0.6) is 5.75 Å². The quantitative estimate of drug-likeness (QED) is 0.280. The predicted octanol–water partition coefficient (Wildman–Crippen LogP) is 3.64. The van der Waals surface area contributed by atoms with Crippen molar-refractivity contribution in [2.24, 2.45) is 4.99 Å². The highest BCUT2D eigenvalue weighted by molar-refractivity contribution is 14.0. The summed E-state index contributed by atoms with van der Waals surface area (Å²) >= 11 is 0. The Bertz CT molecular complexity index is 635. The number of benzene rings is 1. The summed E-state index contributed by atoms with van der Waals surface area (Å²) in [5.74, 6) is 1.54. The Hall–Kier alpha value is -1.51. The van der Waals surface area contributed by atoms with Gasteiger partial charge in [-0.15, -0.1) is 24.0 Å². The number of nitrogens with zero attached hydrogens (tertiary/aromatic N) is 1. The summed E-state index contributed by atoms with van der Waals surface area (Å²) in [5.41, 5.74) is 0.999. The SMILES string of the molecule is CCNC(=NCC(=O)NC(C)(C)C)NCCc1ccc(OC2CCCC2)cc1.I. The number of halogens is 1. The Balaban J connectivity index is 0.00000420. The maximum Gasteiger partial charge on any atom is 0.242 e. The van der Waals surface area contributed by atoms with Crippen molar-refractivity contribution in [2.45, 2.75) is 71.4 Å². The molecule has 1 saturated carbocycles. The molecule has 7 heteroatoms. The second-order valence-electron chi connectivity index (χ2n) is 8.34. The summed E-state index contributed by atoms with van der Waals surface area (Å²) in [6, 6.07) is 8.35. The topological polar surface area (TPSA) is 74.8 Å². The lowest BCUT2D eigenvalue weighted by Crippen LogP contribution is -2.43. The molecule has 0 bridgehead atoms. The Kier molecular flexibility index (Phi) is 11.4. The number of amides is 1. The lowest BCUT2D eigenvalue weighted by molar-refractivity contribution is -0.121. The molecule has 1 aromatic carbocycles. The molecule has 1 amide bonds. The smallest absolute Gasteiger partial charge is 0.242 e. The van der Waals surface area contributed by atoms with Crippen molar-refractivity contribution in [1.29, 1.82) is 0 Å². The molecule has 1 aliphatic carbocycles. The molecule has 0 heterocycles. The van der Waals surface area contributed by atoms with E-state index in [-0.39, 0.29) is 42.0 Å². The number of carbonyl (C=O) groups excluding carboxylic acids is 1. The van der Waals surface area contributed by atoms with Crippen LogP contribution in [-0.2, 0) is 11.2 Å². The van der Waals surface area contributed by atoms with E-state index in [0.29, 0.717) is 12.1 Å². The molecular formula is C22H37IN4O2. The molecule has 2 rings (SSSR count). The van der Waals surface area contributed by atoms with Crippen molar-refractivity contribution in [3.8, 4) is 5.75 Å². The molecular weight excluding hydrogens is 479 g/mol. The molecule has 0 atom stereocenters. The molecule has 29 heavy (non-hydrogen) atoms. The van der Waals surface area contributed by atoms with Crippen molar-refractivity contribution in [2.75, 3.05) is 19.6 Å². The highest BCUT2D eigenvalue weighted by Crippen LogP contribution is 2.24. The number of hydrogen-bond acceptors (Lipinski definition) is 3. The Morgan fingerprint density at radius 2 is 1.79 bits per heavy atom. The van der Waals surface area contributed by atoms with Crippen LogP contribution in [0.4, 0.5) is 0 Å². The Labute approximate surface area is 192 Å². The van der Waals surface area contributed by atoms with Crippen LogP contribution in [0.2, 0.25) is 0 Å². The number of rotatable bonds is 8. The number of ether oxygens (including phenoxy) is 1. The van der Waals surface area contributed by atoms with Gasteiger partial charge in [0.2, 0.25) is 5.91 Å². The summed E-state index contributed by atoms with van der Waals surface area (Å²) < 4.78 is 6.01. The highest BCUT2D eigenvalue weighted by atomic mass is 127. The third-order valence-corrected chi connectivity index (χ3v) is 4.47. The zero-order valence-electron chi connectivity index (χ0n) is 18.2. The Morgan fingerprint density at radius 3 is 2.38 bits per heavy atom. The first-order valence-corrected chi connectivity index (χ1v) is 10.4. The van der Waals surface area contributed by atoms with Crippen LogP contribution in [0.3, 0.4) is 0 Å². The predicted molar refractivity (Wildman–Crippen MR) is 130 cm³/mol. The number of carbonyl (C=O) groups is 1. The third-order valence-electron chi connectivity index (χ3n) is 4.47. The zero-order valence-corrected chi connectivity index (χ0v) is 20.5. The van der Waals surface area contributed by atoms with Crippen LogP contribution in [0.1, 0.15) is 58.9 Å². The largest absolute Gasteiger partial charge is 0.490 e. The van der Waals surface area contributed by atoms with Gasteiger partial charge < -0.3 is 20.7 Å². The summed E-state index contributed by atoms with van der Waals surface area (Å²) in [5, 5.41) is 9.38. The molecule has 0 aromatic heterocycles. The monoisotopic (exact) mass is 516 g/mol. The minimum atomic E-state index is -0.244. The van der Waals surface area contributed by atoms with Crippen molar-refractivity contribution >= 4 is 35.8 Å². The standard InChI is InChI=1S/C22H36N4O2.HI/c1-5-23-21(25-16-20(27)26-22(2,3)4)24-15-14-17-10-12-19(13-11-17)28-18-8-6-7-9-18;/h10-13,18H,5-9,14-16H2,1-4H3,(H,26,27)(H2,23,24,25);1H. The summed E-state index contributed by atoms with van der Waals surface area (Å²) in [4.78, 5) is 16.3. The lowest BCUT2D eigenvalue weighted by atomic mass is 10.1. The molecule has 6 nitrogen and oxygen atoms in total. The van der Waals surface area contributed by atoms with Crippen LogP contribution >= 0.6 is 24.0 Å². The van der Waals surface area contributed by atoms with E-state index >= 15 is 0 Å². The minimum Gasteiger partial charge on any atom is -0.490 e. The summed E-state index contributed by atoms with van der Waals surface area (Å²) in [6.45, 7) is 9.50. The van der Waals surface area contributed by atoms with Crippen molar-refractivity contribution in [3.63, 3.8) is 0 Å². The fraction of sp³-hybridized carbons (Fsp3) is 0.636. The van der Waals surface area contributed by atoms with Gasteiger partial charge in [-0.25, -0.2) is 4.99 Å². The Morgan fingerprint density at radius 1 is 1.14 bits per heavy atom. The number of guanidine groups is 1. The zero-order chi connectivity index (χ0) is 20.4. The summed E-state index contributed by atoms with van der Waals surface area (Å²) in [6.07, 6.45) is 6.17. The van der Waals surface area contributed by atoms with Gasteiger partial charge in [0.05, 0.1) is 6.10 Å². The van der Waals surface area contributed by atoms with Crippen LogP contribution in [0.25, 0.3) is 0 Å². The molecule has 1 fully saturated rings. The molecule has 0 radical (unpaired) electrons. The molecule has 1 aliphatic rings. The first-order valence-electron chi connectivity index (χ1n) is 10.4. The van der Waals surface area contributed by atoms with Gasteiger partial charge in [0.1, 0.15) is 12.3 Å². The second kappa shape index (κ2) is 12.9. The maximum atomic E-state index is 11.9. The van der Waals surface area contributed by atoms with Crippen LogP contribution in [-0.4, -0.2) is 43.1 Å². The fourth-order valence-electron chi connectivity index (χ4n) is 3.21. The van der Waals surface area contributed by atoms with Gasteiger partial charge in [0.15, 0.2) is 5.96 Å². The van der Waals surface area contributed by atoms with Crippen LogP contribution in [0.15, 0.2) is 29.3 Å². The molecule has 3 N–H and O–H groups in total. The number of hydrogen-bond donors (Lipinski definition) is 3. The van der Waals surface area contributed by atoms with Gasteiger partial charge in [0.25, 0.3) is 0 Å². The van der Waals surface area contributed by atoms with Gasteiger partial charge in [0, 0.05) is 18.6 Å². The highest BCUT2D eigenvalue weighted by Gasteiger charge is 2.16. The van der Waals surface area contributed by atoms with E-state index in [1.165, 1.54) is 31.2 Å².